The highest BCUT2D eigenvalue weighted by molar-refractivity contribution is 5.99. The minimum Gasteiger partial charge on any atom is -0.496 e. The summed E-state index contributed by atoms with van der Waals surface area (Å²) in [4.78, 5) is 30.7. The first-order valence-electron chi connectivity index (χ1n) is 8.08. The summed E-state index contributed by atoms with van der Waals surface area (Å²) in [5.74, 6) is 0.912. The van der Waals surface area contributed by atoms with Gasteiger partial charge in [0.15, 0.2) is 0 Å². The second kappa shape index (κ2) is 7.29. The Balaban J connectivity index is 1.74. The average molecular weight is 343 g/mol. The lowest BCUT2D eigenvalue weighted by molar-refractivity contribution is 0.0740. The molecule has 0 saturated carbocycles. The lowest BCUT2D eigenvalue weighted by Crippen LogP contribution is -2.49. The molecule has 1 saturated heterocycles. The van der Waals surface area contributed by atoms with Crippen molar-refractivity contribution >= 4 is 11.6 Å². The normalized spacial score (nSPS) is 14.3. The summed E-state index contributed by atoms with van der Waals surface area (Å²) in [6.45, 7) is 2.54. The fraction of sp³-hybridized carbons (Fsp3) is 0.333. The third-order valence-electron chi connectivity index (χ3n) is 4.34. The molecule has 2 heterocycles. The molecule has 0 unspecified atom stereocenters. The van der Waals surface area contributed by atoms with Crippen molar-refractivity contribution in [1.29, 1.82) is 0 Å². The van der Waals surface area contributed by atoms with Gasteiger partial charge in [0.25, 0.3) is 5.91 Å². The van der Waals surface area contributed by atoms with Crippen LogP contribution in [0.4, 0.5) is 5.69 Å². The van der Waals surface area contributed by atoms with Gasteiger partial charge in [0.1, 0.15) is 17.1 Å². The molecule has 7 heteroatoms. The number of aromatic nitrogens is 1. The summed E-state index contributed by atoms with van der Waals surface area (Å²) in [6.07, 6.45) is 1.70. The van der Waals surface area contributed by atoms with E-state index >= 15 is 0 Å². The van der Waals surface area contributed by atoms with Crippen molar-refractivity contribution in [2.45, 2.75) is 0 Å². The van der Waals surface area contributed by atoms with Gasteiger partial charge in [0.05, 0.1) is 19.9 Å². The molecule has 0 atom stereocenters. The zero-order valence-electron chi connectivity index (χ0n) is 14.3. The van der Waals surface area contributed by atoms with Crippen LogP contribution in [0.2, 0.25) is 0 Å². The van der Waals surface area contributed by atoms with Crippen molar-refractivity contribution in [3.05, 3.63) is 52.4 Å². The molecular formula is C18H21N3O4. The lowest BCUT2D eigenvalue weighted by atomic mass is 10.1. The molecule has 0 spiro atoms. The van der Waals surface area contributed by atoms with Gasteiger partial charge in [-0.3, -0.25) is 9.59 Å². The Labute approximate surface area is 145 Å². The standard InChI is InChI=1S/C18H21N3O4/c1-24-14-4-3-5-15(25-2)17(14)18(23)21-10-8-20(9-11-21)13-6-7-16(22)19-12-13/h3-7,12H,8-11H2,1-2H3,(H,19,22). The number of pyridine rings is 1. The van der Waals surface area contributed by atoms with Crippen LogP contribution in [-0.2, 0) is 0 Å². The lowest BCUT2D eigenvalue weighted by Gasteiger charge is -2.36. The van der Waals surface area contributed by atoms with Gasteiger partial charge in [-0.15, -0.1) is 0 Å². The predicted molar refractivity (Wildman–Crippen MR) is 94.7 cm³/mol. The van der Waals surface area contributed by atoms with Gasteiger partial charge >= 0.3 is 0 Å². The van der Waals surface area contributed by atoms with Crippen molar-refractivity contribution in [1.82, 2.24) is 9.88 Å². The van der Waals surface area contributed by atoms with Gasteiger partial charge in [0.2, 0.25) is 5.56 Å². The number of amides is 1. The molecule has 132 valence electrons. The number of nitrogens with zero attached hydrogens (tertiary/aromatic N) is 2. The van der Waals surface area contributed by atoms with E-state index in [1.165, 1.54) is 6.07 Å². The molecule has 0 bridgehead atoms. The van der Waals surface area contributed by atoms with E-state index in [2.05, 4.69) is 9.88 Å². The highest BCUT2D eigenvalue weighted by Crippen LogP contribution is 2.30. The maximum Gasteiger partial charge on any atom is 0.261 e. The molecule has 25 heavy (non-hydrogen) atoms. The van der Waals surface area contributed by atoms with Gasteiger partial charge in [-0.1, -0.05) is 6.07 Å². The zero-order chi connectivity index (χ0) is 17.8. The maximum absolute atomic E-state index is 12.9. The number of benzene rings is 1. The second-order valence-corrected chi connectivity index (χ2v) is 5.73. The predicted octanol–water partition coefficient (Wildman–Crippen LogP) is 1.35. The van der Waals surface area contributed by atoms with Crippen LogP contribution in [0.5, 0.6) is 11.5 Å². The molecule has 3 rings (SSSR count). The van der Waals surface area contributed by atoms with E-state index < -0.39 is 0 Å². The van der Waals surface area contributed by atoms with Crippen molar-refractivity contribution < 1.29 is 14.3 Å². The SMILES string of the molecule is COc1cccc(OC)c1C(=O)N1CCN(c2ccc(=O)[nH]c2)CC1. The highest BCUT2D eigenvalue weighted by Gasteiger charge is 2.27. The van der Waals surface area contributed by atoms with Crippen molar-refractivity contribution in [2.24, 2.45) is 0 Å². The number of piperazine rings is 1. The van der Waals surface area contributed by atoms with Gasteiger partial charge in [-0.2, -0.15) is 0 Å². The fourth-order valence-corrected chi connectivity index (χ4v) is 2.99. The third kappa shape index (κ3) is 3.45. The van der Waals surface area contributed by atoms with E-state index in [4.69, 9.17) is 9.47 Å². The number of nitrogens with one attached hydrogen (secondary N) is 1. The summed E-state index contributed by atoms with van der Waals surface area (Å²) < 4.78 is 10.7. The second-order valence-electron chi connectivity index (χ2n) is 5.73. The van der Waals surface area contributed by atoms with Gasteiger partial charge < -0.3 is 24.3 Å². The largest absolute Gasteiger partial charge is 0.496 e. The first-order chi connectivity index (χ1) is 12.1. The van der Waals surface area contributed by atoms with Crippen LogP contribution in [0.3, 0.4) is 0 Å². The molecule has 1 aromatic carbocycles. The number of hydrogen-bond acceptors (Lipinski definition) is 5. The molecule has 1 amide bonds. The van der Waals surface area contributed by atoms with Crippen LogP contribution >= 0.6 is 0 Å². The molecule has 0 aliphatic carbocycles. The third-order valence-corrected chi connectivity index (χ3v) is 4.34. The van der Waals surface area contributed by atoms with Crippen molar-refractivity contribution in [3.63, 3.8) is 0 Å². The number of methoxy groups -OCH3 is 2. The molecule has 0 radical (unpaired) electrons. The fourth-order valence-electron chi connectivity index (χ4n) is 2.99. The highest BCUT2D eigenvalue weighted by atomic mass is 16.5. The first kappa shape index (κ1) is 16.9. The number of H-pyrrole nitrogens is 1. The molecule has 1 aliphatic heterocycles. The van der Waals surface area contributed by atoms with E-state index in [1.807, 2.05) is 0 Å². The molecule has 1 aromatic heterocycles. The molecule has 1 aliphatic rings. The summed E-state index contributed by atoms with van der Waals surface area (Å²) in [6, 6.07) is 8.60. The van der Waals surface area contributed by atoms with Crippen molar-refractivity contribution in [3.8, 4) is 11.5 Å². The number of hydrogen-bond donors (Lipinski definition) is 1. The average Bonchev–Trinajstić information content (AvgIpc) is 2.67. The molecular weight excluding hydrogens is 322 g/mol. The number of rotatable bonds is 4. The van der Waals surface area contributed by atoms with E-state index in [1.54, 1.807) is 49.6 Å². The van der Waals surface area contributed by atoms with E-state index in [0.717, 1.165) is 5.69 Å². The molecule has 1 fully saturated rings. The van der Waals surface area contributed by atoms with E-state index in [0.29, 0.717) is 43.2 Å². The Kier molecular flexibility index (Phi) is 4.92. The van der Waals surface area contributed by atoms with Gasteiger partial charge in [-0.05, 0) is 18.2 Å². The van der Waals surface area contributed by atoms with Crippen LogP contribution in [0.25, 0.3) is 0 Å². The van der Waals surface area contributed by atoms with Crippen LogP contribution in [0.1, 0.15) is 10.4 Å². The molecule has 7 nitrogen and oxygen atoms in total. The maximum atomic E-state index is 12.9. The summed E-state index contributed by atoms with van der Waals surface area (Å²) in [7, 11) is 3.08. The topological polar surface area (TPSA) is 74.9 Å². The molecule has 1 N–H and O–H groups in total. The Morgan fingerprint density at radius 1 is 1.00 bits per heavy atom. The minimum absolute atomic E-state index is 0.101. The number of aromatic amines is 1. The Morgan fingerprint density at radius 2 is 1.64 bits per heavy atom. The van der Waals surface area contributed by atoms with Crippen LogP contribution in [-0.4, -0.2) is 56.2 Å². The smallest absolute Gasteiger partial charge is 0.261 e. The quantitative estimate of drug-likeness (QED) is 0.907. The minimum atomic E-state index is -0.124. The van der Waals surface area contributed by atoms with Gasteiger partial charge in [-0.25, -0.2) is 0 Å². The number of ether oxygens (including phenoxy) is 2. The van der Waals surface area contributed by atoms with Crippen molar-refractivity contribution in [2.75, 3.05) is 45.3 Å². The Morgan fingerprint density at radius 3 is 2.16 bits per heavy atom. The van der Waals surface area contributed by atoms with Crippen LogP contribution in [0.15, 0.2) is 41.3 Å². The summed E-state index contributed by atoms with van der Waals surface area (Å²) >= 11 is 0. The van der Waals surface area contributed by atoms with E-state index in [-0.39, 0.29) is 11.5 Å². The summed E-state index contributed by atoms with van der Waals surface area (Å²) in [5, 5.41) is 0. The summed E-state index contributed by atoms with van der Waals surface area (Å²) in [5.41, 5.74) is 1.27. The van der Waals surface area contributed by atoms with Crippen LogP contribution < -0.4 is 19.9 Å². The van der Waals surface area contributed by atoms with E-state index in [9.17, 15) is 9.59 Å². The van der Waals surface area contributed by atoms with Gasteiger partial charge in [0, 0.05) is 38.4 Å². The van der Waals surface area contributed by atoms with Crippen LogP contribution in [0, 0.1) is 0 Å². The Bertz CT molecular complexity index is 767. The number of carbonyl (C=O) groups excluding carboxylic acids is 1. The zero-order valence-corrected chi connectivity index (χ0v) is 14.3. The monoisotopic (exact) mass is 343 g/mol. The number of carbonyl (C=O) groups is 1. The first-order valence-corrected chi connectivity index (χ1v) is 8.08. The Hall–Kier alpha value is -2.96. The number of anilines is 1. The molecule has 2 aromatic rings.